The highest BCUT2D eigenvalue weighted by Crippen LogP contribution is 2.15. The van der Waals surface area contributed by atoms with Gasteiger partial charge in [-0.15, -0.1) is 0 Å². The van der Waals surface area contributed by atoms with Gasteiger partial charge in [0, 0.05) is 13.2 Å². The molecule has 1 nitrogen and oxygen atoms in total. The lowest BCUT2D eigenvalue weighted by Crippen LogP contribution is -1.93. The molecule has 0 aromatic carbocycles. The molecule has 0 unspecified atom stereocenters. The van der Waals surface area contributed by atoms with Crippen molar-refractivity contribution in [2.24, 2.45) is 0 Å². The largest absolute Gasteiger partial charge is 0.381 e. The van der Waals surface area contributed by atoms with Crippen LogP contribution < -0.4 is 0 Å². The number of unbranched alkanes of at least 4 members (excludes halogenated alkanes) is 22. The zero-order valence-corrected chi connectivity index (χ0v) is 19.8. The fourth-order valence-electron chi connectivity index (χ4n) is 4.09. The van der Waals surface area contributed by atoms with E-state index < -0.39 is 0 Å². The second kappa shape index (κ2) is 27.0. The van der Waals surface area contributed by atoms with E-state index in [4.69, 9.17) is 4.74 Å². The van der Waals surface area contributed by atoms with Gasteiger partial charge < -0.3 is 4.74 Å². The van der Waals surface area contributed by atoms with Crippen LogP contribution in [0.25, 0.3) is 0 Å². The number of hydrogen-bond donors (Lipinski definition) is 0. The van der Waals surface area contributed by atoms with Gasteiger partial charge in [-0.2, -0.15) is 0 Å². The first kappa shape index (κ1) is 28.0. The van der Waals surface area contributed by atoms with E-state index in [9.17, 15) is 0 Å². The van der Waals surface area contributed by atoms with E-state index in [2.05, 4.69) is 13.8 Å². The van der Waals surface area contributed by atoms with Gasteiger partial charge in [0.2, 0.25) is 0 Å². The van der Waals surface area contributed by atoms with E-state index >= 15 is 0 Å². The predicted molar refractivity (Wildman–Crippen MR) is 128 cm³/mol. The van der Waals surface area contributed by atoms with Crippen LogP contribution in [0.15, 0.2) is 0 Å². The first-order valence-electron chi connectivity index (χ1n) is 13.3. The minimum atomic E-state index is 0.624. The molecule has 0 saturated carbocycles. The van der Waals surface area contributed by atoms with Crippen LogP contribution in [-0.2, 0) is 4.74 Å². The first-order chi connectivity index (χ1) is 13.9. The molecule has 0 amide bonds. The molecule has 0 spiro atoms. The summed E-state index contributed by atoms with van der Waals surface area (Å²) >= 11 is 0. The Morgan fingerprint density at radius 2 is 0.643 bits per heavy atom. The standard InChI is InChI=1S/C27H55O/c1-3-5-6-7-8-9-10-11-12-13-14-15-16-17-18-19-20-21-22-23-24-25-26-27-28-4-2/h2-27H2,1H3. The van der Waals surface area contributed by atoms with Gasteiger partial charge in [-0.05, 0) is 13.3 Å². The van der Waals surface area contributed by atoms with Crippen molar-refractivity contribution < 1.29 is 4.74 Å². The lowest BCUT2D eigenvalue weighted by Gasteiger charge is -2.04. The van der Waals surface area contributed by atoms with Gasteiger partial charge in [-0.25, -0.2) is 0 Å². The molecular weight excluding hydrogens is 340 g/mol. The molecule has 0 fully saturated rings. The van der Waals surface area contributed by atoms with Gasteiger partial charge in [-0.1, -0.05) is 148 Å². The monoisotopic (exact) mass is 395 g/mol. The van der Waals surface area contributed by atoms with Gasteiger partial charge in [0.1, 0.15) is 0 Å². The SMILES string of the molecule is [CH2]COCCCCCCCCCCCCCCCCCCCCCCCCC. The Morgan fingerprint density at radius 1 is 0.393 bits per heavy atom. The fraction of sp³-hybridized carbons (Fsp3) is 0.963. The van der Waals surface area contributed by atoms with Gasteiger partial charge in [0.25, 0.3) is 0 Å². The summed E-state index contributed by atoms with van der Waals surface area (Å²) in [6.45, 7) is 7.52. The third kappa shape index (κ3) is 26.0. The van der Waals surface area contributed by atoms with Crippen LogP contribution >= 0.6 is 0 Å². The third-order valence-electron chi connectivity index (χ3n) is 6.04. The first-order valence-corrected chi connectivity index (χ1v) is 13.3. The van der Waals surface area contributed by atoms with Crippen LogP contribution in [0.5, 0.6) is 0 Å². The molecule has 0 aliphatic rings. The maximum absolute atomic E-state index is 5.27. The topological polar surface area (TPSA) is 9.23 Å². The average Bonchev–Trinajstić information content (AvgIpc) is 2.71. The molecule has 0 rings (SSSR count). The maximum Gasteiger partial charge on any atom is 0.0466 e. The molecule has 0 aliphatic carbocycles. The fourth-order valence-corrected chi connectivity index (χ4v) is 4.09. The van der Waals surface area contributed by atoms with Gasteiger partial charge in [0.05, 0.1) is 0 Å². The number of rotatable bonds is 25. The van der Waals surface area contributed by atoms with Crippen molar-refractivity contribution >= 4 is 0 Å². The summed E-state index contributed by atoms with van der Waals surface area (Å²) < 4.78 is 5.27. The zero-order chi connectivity index (χ0) is 20.4. The second-order valence-electron chi connectivity index (χ2n) is 8.89. The molecule has 1 heteroatoms. The van der Waals surface area contributed by atoms with Crippen LogP contribution in [0, 0.1) is 6.92 Å². The Labute approximate surface area is 179 Å². The van der Waals surface area contributed by atoms with Crippen molar-refractivity contribution in [2.45, 2.75) is 155 Å². The Bertz CT molecular complexity index is 225. The summed E-state index contributed by atoms with van der Waals surface area (Å²) in [5.74, 6) is 0. The van der Waals surface area contributed by atoms with Crippen LogP contribution in [0.2, 0.25) is 0 Å². The average molecular weight is 396 g/mol. The molecular formula is C27H55O. The number of ether oxygens (including phenoxy) is 1. The van der Waals surface area contributed by atoms with Gasteiger partial charge in [0.15, 0.2) is 0 Å². The smallest absolute Gasteiger partial charge is 0.0466 e. The zero-order valence-electron chi connectivity index (χ0n) is 19.8. The Balaban J connectivity index is 2.96. The Kier molecular flexibility index (Phi) is 26.9. The Morgan fingerprint density at radius 3 is 0.893 bits per heavy atom. The molecule has 0 atom stereocenters. The van der Waals surface area contributed by atoms with E-state index in [0.717, 1.165) is 6.61 Å². The molecule has 0 bridgehead atoms. The van der Waals surface area contributed by atoms with Crippen molar-refractivity contribution in [1.82, 2.24) is 0 Å². The third-order valence-corrected chi connectivity index (χ3v) is 6.04. The predicted octanol–water partition coefficient (Wildman–Crippen LogP) is 9.83. The van der Waals surface area contributed by atoms with Crippen LogP contribution in [0.3, 0.4) is 0 Å². The van der Waals surface area contributed by atoms with Crippen molar-refractivity contribution in [3.63, 3.8) is 0 Å². The van der Waals surface area contributed by atoms with E-state index in [0.29, 0.717) is 6.61 Å². The molecule has 1 radical (unpaired) electrons. The van der Waals surface area contributed by atoms with Crippen molar-refractivity contribution in [2.75, 3.05) is 13.2 Å². The van der Waals surface area contributed by atoms with Crippen molar-refractivity contribution in [3.05, 3.63) is 6.92 Å². The second-order valence-corrected chi connectivity index (χ2v) is 8.89. The van der Waals surface area contributed by atoms with Gasteiger partial charge in [-0.3, -0.25) is 0 Å². The lowest BCUT2D eigenvalue weighted by atomic mass is 10.0. The summed E-state index contributed by atoms with van der Waals surface area (Å²) in [5.41, 5.74) is 0. The van der Waals surface area contributed by atoms with Crippen LogP contribution in [0.1, 0.15) is 155 Å². The summed E-state index contributed by atoms with van der Waals surface area (Å²) in [7, 11) is 0. The summed E-state index contributed by atoms with van der Waals surface area (Å²) in [6.07, 6.45) is 33.2. The van der Waals surface area contributed by atoms with E-state index in [1.54, 1.807) is 0 Å². The molecule has 0 aromatic rings. The van der Waals surface area contributed by atoms with Crippen molar-refractivity contribution in [3.8, 4) is 0 Å². The number of hydrogen-bond acceptors (Lipinski definition) is 1. The van der Waals surface area contributed by atoms with Crippen LogP contribution in [0.4, 0.5) is 0 Å². The van der Waals surface area contributed by atoms with E-state index in [1.165, 1.54) is 148 Å². The molecule has 28 heavy (non-hydrogen) atoms. The molecule has 0 aromatic heterocycles. The highest BCUT2D eigenvalue weighted by atomic mass is 16.5. The summed E-state index contributed by atoms with van der Waals surface area (Å²) in [4.78, 5) is 0. The molecule has 0 N–H and O–H groups in total. The Hall–Kier alpha value is -0.0400. The molecule has 169 valence electrons. The van der Waals surface area contributed by atoms with E-state index in [1.807, 2.05) is 0 Å². The lowest BCUT2D eigenvalue weighted by molar-refractivity contribution is 0.156. The normalized spacial score (nSPS) is 11.4. The summed E-state index contributed by atoms with van der Waals surface area (Å²) in [6, 6.07) is 0. The quantitative estimate of drug-likeness (QED) is 0.140. The van der Waals surface area contributed by atoms with E-state index in [-0.39, 0.29) is 0 Å². The minimum Gasteiger partial charge on any atom is -0.381 e. The minimum absolute atomic E-state index is 0.624. The van der Waals surface area contributed by atoms with Gasteiger partial charge >= 0.3 is 0 Å². The molecule has 0 saturated heterocycles. The molecule has 0 heterocycles. The summed E-state index contributed by atoms with van der Waals surface area (Å²) in [5, 5.41) is 0. The highest BCUT2D eigenvalue weighted by Gasteiger charge is 1.96. The molecule has 0 aliphatic heterocycles. The van der Waals surface area contributed by atoms with Crippen LogP contribution in [-0.4, -0.2) is 13.2 Å². The maximum atomic E-state index is 5.27. The highest BCUT2D eigenvalue weighted by molar-refractivity contribution is 4.51. The van der Waals surface area contributed by atoms with Crippen molar-refractivity contribution in [1.29, 1.82) is 0 Å².